The van der Waals surface area contributed by atoms with Crippen LogP contribution >= 0.6 is 27.3 Å². The van der Waals surface area contributed by atoms with Gasteiger partial charge in [0.1, 0.15) is 6.10 Å². The van der Waals surface area contributed by atoms with Gasteiger partial charge in [0, 0.05) is 15.9 Å². The van der Waals surface area contributed by atoms with Crippen molar-refractivity contribution in [3.8, 4) is 0 Å². The molecule has 0 radical (unpaired) electrons. The van der Waals surface area contributed by atoms with Crippen LogP contribution < -0.4 is 0 Å². The second-order valence-electron chi connectivity index (χ2n) is 3.72. The van der Waals surface area contributed by atoms with E-state index in [9.17, 15) is 5.11 Å². The predicted molar refractivity (Wildman–Crippen MR) is 69.8 cm³/mol. The lowest BCUT2D eigenvalue weighted by atomic mass is 10.1. The van der Waals surface area contributed by atoms with E-state index in [1.165, 1.54) is 0 Å². The normalized spacial score (nSPS) is 12.8. The summed E-state index contributed by atoms with van der Waals surface area (Å²) in [4.78, 5) is 5.24. The van der Waals surface area contributed by atoms with E-state index in [1.54, 1.807) is 11.3 Å². The van der Waals surface area contributed by atoms with Crippen molar-refractivity contribution in [2.45, 2.75) is 20.0 Å². The zero-order valence-electron chi connectivity index (χ0n) is 9.07. The molecule has 0 amide bonds. The largest absolute Gasteiger partial charge is 0.383 e. The van der Waals surface area contributed by atoms with Crippen molar-refractivity contribution in [2.24, 2.45) is 0 Å². The molecule has 1 N–H and O–H groups in total. The van der Waals surface area contributed by atoms with Crippen LogP contribution in [0.15, 0.2) is 28.1 Å². The minimum atomic E-state index is -0.574. The molecule has 0 aliphatic rings. The first kappa shape index (κ1) is 11.8. The minimum Gasteiger partial charge on any atom is -0.383 e. The number of halogens is 1. The Morgan fingerprint density at radius 3 is 2.44 bits per heavy atom. The van der Waals surface area contributed by atoms with E-state index >= 15 is 0 Å². The Kier molecular flexibility index (Phi) is 3.42. The van der Waals surface area contributed by atoms with Crippen molar-refractivity contribution < 1.29 is 5.11 Å². The molecule has 1 atom stereocenters. The van der Waals surface area contributed by atoms with Gasteiger partial charge in [-0.15, -0.1) is 11.3 Å². The van der Waals surface area contributed by atoms with Gasteiger partial charge in [-0.05, 0) is 58.9 Å². The molecule has 0 aliphatic carbocycles. The lowest BCUT2D eigenvalue weighted by molar-refractivity contribution is 0.223. The van der Waals surface area contributed by atoms with Gasteiger partial charge in [0.05, 0.1) is 4.88 Å². The molecule has 0 saturated carbocycles. The van der Waals surface area contributed by atoms with E-state index in [4.69, 9.17) is 0 Å². The van der Waals surface area contributed by atoms with E-state index in [0.29, 0.717) is 0 Å². The highest BCUT2D eigenvalue weighted by Gasteiger charge is 2.15. The highest BCUT2D eigenvalue weighted by atomic mass is 79.9. The number of thiophene rings is 1. The minimum absolute atomic E-state index is 0.574. The molecule has 2 aromatic rings. The maximum absolute atomic E-state index is 10.3. The van der Waals surface area contributed by atoms with E-state index < -0.39 is 6.10 Å². The average molecular weight is 298 g/mol. The number of rotatable bonds is 2. The second kappa shape index (κ2) is 4.65. The Labute approximate surface area is 107 Å². The number of nitrogens with zero attached hydrogens (tertiary/aromatic N) is 1. The summed E-state index contributed by atoms with van der Waals surface area (Å²) in [5.74, 6) is 0. The molecule has 16 heavy (non-hydrogen) atoms. The predicted octanol–water partition coefficient (Wildman–Crippen LogP) is 3.60. The van der Waals surface area contributed by atoms with Gasteiger partial charge >= 0.3 is 0 Å². The Hall–Kier alpha value is -0.710. The van der Waals surface area contributed by atoms with Gasteiger partial charge in [0.25, 0.3) is 0 Å². The standard InChI is InChI=1S/C12H12BrNOS/c1-7-5-9(6-8(2)14-7)11(15)12-10(13)3-4-16-12/h3-6,11,15H,1-2H3. The zero-order valence-corrected chi connectivity index (χ0v) is 11.5. The number of hydrogen-bond donors (Lipinski definition) is 1. The lowest BCUT2D eigenvalue weighted by Gasteiger charge is -2.11. The first-order valence-corrected chi connectivity index (χ1v) is 6.61. The number of hydrogen-bond acceptors (Lipinski definition) is 3. The van der Waals surface area contributed by atoms with Crippen LogP contribution in [-0.4, -0.2) is 10.1 Å². The quantitative estimate of drug-likeness (QED) is 0.919. The third kappa shape index (κ3) is 2.34. The molecular formula is C12H12BrNOS. The molecule has 2 aromatic heterocycles. The molecule has 0 aromatic carbocycles. The smallest absolute Gasteiger partial charge is 0.114 e. The Balaban J connectivity index is 2.41. The van der Waals surface area contributed by atoms with Crippen molar-refractivity contribution in [3.05, 3.63) is 49.9 Å². The second-order valence-corrected chi connectivity index (χ2v) is 5.52. The third-order valence-electron chi connectivity index (χ3n) is 2.31. The fraction of sp³-hybridized carbons (Fsp3) is 0.250. The Morgan fingerprint density at radius 1 is 1.31 bits per heavy atom. The van der Waals surface area contributed by atoms with Crippen molar-refractivity contribution in [2.75, 3.05) is 0 Å². The molecule has 0 bridgehead atoms. The van der Waals surface area contributed by atoms with Gasteiger partial charge in [-0.2, -0.15) is 0 Å². The SMILES string of the molecule is Cc1cc(C(O)c2sccc2Br)cc(C)n1. The van der Waals surface area contributed by atoms with Gasteiger partial charge in [-0.3, -0.25) is 4.98 Å². The van der Waals surface area contributed by atoms with Crippen molar-refractivity contribution in [1.82, 2.24) is 4.98 Å². The van der Waals surface area contributed by atoms with E-state index in [2.05, 4.69) is 20.9 Å². The Morgan fingerprint density at radius 2 is 1.94 bits per heavy atom. The topological polar surface area (TPSA) is 33.1 Å². The van der Waals surface area contributed by atoms with Crippen LogP contribution in [-0.2, 0) is 0 Å². The number of aliphatic hydroxyl groups excluding tert-OH is 1. The first-order valence-electron chi connectivity index (χ1n) is 4.94. The van der Waals surface area contributed by atoms with Crippen LogP contribution in [0.25, 0.3) is 0 Å². The van der Waals surface area contributed by atoms with Gasteiger partial charge in [-0.1, -0.05) is 0 Å². The van der Waals surface area contributed by atoms with Crippen LogP contribution in [0.4, 0.5) is 0 Å². The monoisotopic (exact) mass is 297 g/mol. The molecule has 1 unspecified atom stereocenters. The summed E-state index contributed by atoms with van der Waals surface area (Å²) in [7, 11) is 0. The third-order valence-corrected chi connectivity index (χ3v) is 4.24. The molecule has 2 rings (SSSR count). The molecule has 0 fully saturated rings. The maximum atomic E-state index is 10.3. The fourth-order valence-electron chi connectivity index (χ4n) is 1.68. The average Bonchev–Trinajstić information content (AvgIpc) is 2.62. The summed E-state index contributed by atoms with van der Waals surface area (Å²) in [6, 6.07) is 5.79. The first-order chi connectivity index (χ1) is 7.58. The molecule has 0 saturated heterocycles. The number of pyridine rings is 1. The number of aliphatic hydroxyl groups is 1. The van der Waals surface area contributed by atoms with E-state index in [0.717, 1.165) is 26.3 Å². The fourth-order valence-corrected chi connectivity index (χ4v) is 3.28. The lowest BCUT2D eigenvalue weighted by Crippen LogP contribution is -2.00. The summed E-state index contributed by atoms with van der Waals surface area (Å²) >= 11 is 4.98. The van der Waals surface area contributed by atoms with Crippen LogP contribution in [0.5, 0.6) is 0 Å². The van der Waals surface area contributed by atoms with E-state index in [-0.39, 0.29) is 0 Å². The van der Waals surface area contributed by atoms with Crippen molar-refractivity contribution >= 4 is 27.3 Å². The van der Waals surface area contributed by atoms with Crippen molar-refractivity contribution in [3.63, 3.8) is 0 Å². The number of aryl methyl sites for hydroxylation is 2. The molecule has 0 aliphatic heterocycles. The molecule has 0 spiro atoms. The summed E-state index contributed by atoms with van der Waals surface area (Å²) in [5.41, 5.74) is 2.76. The zero-order chi connectivity index (χ0) is 11.7. The van der Waals surface area contributed by atoms with Gasteiger partial charge in [-0.25, -0.2) is 0 Å². The van der Waals surface area contributed by atoms with Crippen molar-refractivity contribution in [1.29, 1.82) is 0 Å². The van der Waals surface area contributed by atoms with Gasteiger partial charge < -0.3 is 5.11 Å². The maximum Gasteiger partial charge on any atom is 0.114 e. The van der Waals surface area contributed by atoms with Crippen LogP contribution in [0.2, 0.25) is 0 Å². The molecule has 84 valence electrons. The van der Waals surface area contributed by atoms with Crippen LogP contribution in [0.3, 0.4) is 0 Å². The summed E-state index contributed by atoms with van der Waals surface area (Å²) in [5, 5.41) is 12.2. The van der Waals surface area contributed by atoms with Gasteiger partial charge in [0.2, 0.25) is 0 Å². The highest BCUT2D eigenvalue weighted by molar-refractivity contribution is 9.10. The van der Waals surface area contributed by atoms with Crippen LogP contribution in [0.1, 0.15) is 27.9 Å². The van der Waals surface area contributed by atoms with Gasteiger partial charge in [0.15, 0.2) is 0 Å². The molecule has 2 heterocycles. The molecule has 2 nitrogen and oxygen atoms in total. The van der Waals surface area contributed by atoms with E-state index in [1.807, 2.05) is 37.4 Å². The highest BCUT2D eigenvalue weighted by Crippen LogP contribution is 2.33. The summed E-state index contributed by atoms with van der Waals surface area (Å²) in [6.45, 7) is 3.87. The Bertz CT molecular complexity index is 489. The molecular weight excluding hydrogens is 286 g/mol. The summed E-state index contributed by atoms with van der Waals surface area (Å²) < 4.78 is 0.956. The summed E-state index contributed by atoms with van der Waals surface area (Å²) in [6.07, 6.45) is -0.574. The molecule has 4 heteroatoms. The van der Waals surface area contributed by atoms with Crippen LogP contribution in [0, 0.1) is 13.8 Å². The number of aromatic nitrogens is 1.